The van der Waals surface area contributed by atoms with Crippen molar-refractivity contribution in [3.63, 3.8) is 0 Å². The molecule has 0 saturated carbocycles. The van der Waals surface area contributed by atoms with Crippen LogP contribution in [0.2, 0.25) is 0 Å². The Balaban J connectivity index is 2.29. The molecule has 1 aliphatic carbocycles. The van der Waals surface area contributed by atoms with E-state index < -0.39 is 0 Å². The molecule has 0 spiro atoms. The van der Waals surface area contributed by atoms with Gasteiger partial charge in [-0.05, 0) is 52.9 Å². The van der Waals surface area contributed by atoms with Gasteiger partial charge in [-0.1, -0.05) is 6.08 Å². The number of carbonyl (C=O) groups is 2. The molecule has 1 atom stereocenters. The Hall–Kier alpha value is -1.82. The molecule has 0 aliphatic heterocycles. The van der Waals surface area contributed by atoms with E-state index in [9.17, 15) is 9.59 Å². The Morgan fingerprint density at radius 3 is 2.83 bits per heavy atom. The van der Waals surface area contributed by atoms with Gasteiger partial charge in [-0.2, -0.15) is 0 Å². The fourth-order valence-corrected chi connectivity index (χ4v) is 3.04. The average Bonchev–Trinajstić information content (AvgIpc) is 2.58. The molecule has 5 nitrogen and oxygen atoms in total. The Morgan fingerprint density at radius 1 is 1.39 bits per heavy atom. The molecule has 0 fully saturated rings. The predicted molar refractivity (Wildman–Crippen MR) is 89.1 cm³/mol. The number of hydrogen-bond donors (Lipinski definition) is 0. The summed E-state index contributed by atoms with van der Waals surface area (Å²) in [6.07, 6.45) is 5.42. The highest BCUT2D eigenvalue weighted by Crippen LogP contribution is 2.40. The Bertz CT molecular complexity index is 624. The highest BCUT2D eigenvalue weighted by atomic mass is 79.9. The molecule has 0 amide bonds. The largest absolute Gasteiger partial charge is 0.493 e. The summed E-state index contributed by atoms with van der Waals surface area (Å²) in [4.78, 5) is 22.7. The summed E-state index contributed by atoms with van der Waals surface area (Å²) >= 11 is 3.40. The number of allylic oxidation sites excluding steroid dienone is 1. The third-order valence-electron chi connectivity index (χ3n) is 3.76. The SMILES string of the molecule is COC(=O)CC1=CCCC[C@@H]1Oc1c(OC)ccc(C=O)c1Br. The number of aldehydes is 1. The average molecular weight is 383 g/mol. The normalized spacial score (nSPS) is 17.2. The van der Waals surface area contributed by atoms with Gasteiger partial charge in [0.2, 0.25) is 0 Å². The summed E-state index contributed by atoms with van der Waals surface area (Å²) in [5.41, 5.74) is 1.38. The Kier molecular flexibility index (Phi) is 6.21. The van der Waals surface area contributed by atoms with Gasteiger partial charge in [0.05, 0.1) is 25.1 Å². The van der Waals surface area contributed by atoms with Crippen LogP contribution in [0.1, 0.15) is 36.0 Å². The van der Waals surface area contributed by atoms with E-state index in [1.54, 1.807) is 19.2 Å². The molecule has 1 aromatic rings. The third-order valence-corrected chi connectivity index (χ3v) is 4.58. The molecule has 0 unspecified atom stereocenters. The fourth-order valence-electron chi connectivity index (χ4n) is 2.52. The van der Waals surface area contributed by atoms with Crippen molar-refractivity contribution < 1.29 is 23.8 Å². The highest BCUT2D eigenvalue weighted by molar-refractivity contribution is 9.10. The van der Waals surface area contributed by atoms with Gasteiger partial charge in [0, 0.05) is 5.56 Å². The lowest BCUT2D eigenvalue weighted by Crippen LogP contribution is -2.24. The van der Waals surface area contributed by atoms with E-state index in [4.69, 9.17) is 14.2 Å². The van der Waals surface area contributed by atoms with Crippen LogP contribution in [0.3, 0.4) is 0 Å². The maximum Gasteiger partial charge on any atom is 0.309 e. The molecule has 0 saturated heterocycles. The van der Waals surface area contributed by atoms with E-state index in [0.29, 0.717) is 21.5 Å². The first-order valence-electron chi connectivity index (χ1n) is 7.34. The monoisotopic (exact) mass is 382 g/mol. The molecule has 0 heterocycles. The van der Waals surface area contributed by atoms with Crippen molar-refractivity contribution in [1.82, 2.24) is 0 Å². The minimum absolute atomic E-state index is 0.203. The molecule has 2 rings (SSSR count). The minimum Gasteiger partial charge on any atom is -0.493 e. The van der Waals surface area contributed by atoms with E-state index >= 15 is 0 Å². The molecule has 6 heteroatoms. The molecule has 1 aromatic carbocycles. The zero-order valence-corrected chi connectivity index (χ0v) is 14.7. The van der Waals surface area contributed by atoms with Crippen molar-refractivity contribution >= 4 is 28.2 Å². The standard InChI is InChI=1S/C17H19BrO5/c1-21-14-8-7-12(10-19)16(18)17(14)23-13-6-4-3-5-11(13)9-15(20)22-2/h5,7-8,10,13H,3-4,6,9H2,1-2H3/t13-/m0/s1. The number of carbonyl (C=O) groups excluding carboxylic acids is 2. The van der Waals surface area contributed by atoms with Gasteiger partial charge in [0.15, 0.2) is 17.8 Å². The number of benzene rings is 1. The zero-order valence-electron chi connectivity index (χ0n) is 13.1. The first-order chi connectivity index (χ1) is 11.1. The van der Waals surface area contributed by atoms with Gasteiger partial charge in [-0.3, -0.25) is 9.59 Å². The van der Waals surface area contributed by atoms with Crippen LogP contribution < -0.4 is 9.47 Å². The number of halogens is 1. The fraction of sp³-hybridized carbons (Fsp3) is 0.412. The smallest absolute Gasteiger partial charge is 0.309 e. The van der Waals surface area contributed by atoms with Crippen molar-refractivity contribution in [1.29, 1.82) is 0 Å². The van der Waals surface area contributed by atoms with Gasteiger partial charge in [-0.25, -0.2) is 0 Å². The maximum absolute atomic E-state index is 11.6. The van der Waals surface area contributed by atoms with E-state index in [1.807, 2.05) is 6.08 Å². The van der Waals surface area contributed by atoms with Crippen molar-refractivity contribution in [3.8, 4) is 11.5 Å². The topological polar surface area (TPSA) is 61.8 Å². The second kappa shape index (κ2) is 8.15. The number of ether oxygens (including phenoxy) is 3. The lowest BCUT2D eigenvalue weighted by molar-refractivity contribution is -0.140. The number of rotatable bonds is 6. The molecule has 1 aliphatic rings. The van der Waals surface area contributed by atoms with Crippen LogP contribution in [0, 0.1) is 0 Å². The number of methoxy groups -OCH3 is 2. The van der Waals surface area contributed by atoms with Gasteiger partial charge in [0.25, 0.3) is 0 Å². The summed E-state index contributed by atoms with van der Waals surface area (Å²) in [5, 5.41) is 0. The molecule has 0 aromatic heterocycles. The first kappa shape index (κ1) is 17.5. The summed E-state index contributed by atoms with van der Waals surface area (Å²) in [5.74, 6) is 0.713. The van der Waals surface area contributed by atoms with Crippen LogP contribution in [0.25, 0.3) is 0 Å². The van der Waals surface area contributed by atoms with Crippen LogP contribution in [0.4, 0.5) is 0 Å². The van der Waals surface area contributed by atoms with Crippen molar-refractivity contribution in [2.75, 3.05) is 14.2 Å². The van der Waals surface area contributed by atoms with Crippen molar-refractivity contribution in [2.45, 2.75) is 31.8 Å². The molecule has 0 bridgehead atoms. The molecule has 0 N–H and O–H groups in total. The van der Waals surface area contributed by atoms with Gasteiger partial charge in [0.1, 0.15) is 6.10 Å². The highest BCUT2D eigenvalue weighted by Gasteiger charge is 2.25. The quantitative estimate of drug-likeness (QED) is 0.426. The van der Waals surface area contributed by atoms with Crippen LogP contribution in [-0.4, -0.2) is 32.6 Å². The summed E-state index contributed by atoms with van der Waals surface area (Å²) < 4.78 is 16.7. The first-order valence-corrected chi connectivity index (χ1v) is 8.14. The van der Waals surface area contributed by atoms with Crippen molar-refractivity contribution in [2.24, 2.45) is 0 Å². The third kappa shape index (κ3) is 4.13. The molecule has 124 valence electrons. The Labute approximate surface area is 143 Å². The van der Waals surface area contributed by atoms with Crippen molar-refractivity contribution in [3.05, 3.63) is 33.8 Å². The van der Waals surface area contributed by atoms with E-state index in [-0.39, 0.29) is 18.5 Å². The second-order valence-corrected chi connectivity index (χ2v) is 5.98. The number of esters is 1. The van der Waals surface area contributed by atoms with E-state index in [0.717, 1.165) is 31.1 Å². The van der Waals surface area contributed by atoms with Crippen LogP contribution >= 0.6 is 15.9 Å². The minimum atomic E-state index is -0.292. The Morgan fingerprint density at radius 2 is 2.17 bits per heavy atom. The second-order valence-electron chi connectivity index (χ2n) is 5.19. The lowest BCUT2D eigenvalue weighted by Gasteiger charge is -2.26. The summed E-state index contributed by atoms with van der Waals surface area (Å²) in [6, 6.07) is 3.35. The zero-order chi connectivity index (χ0) is 16.8. The summed E-state index contributed by atoms with van der Waals surface area (Å²) in [7, 11) is 2.91. The maximum atomic E-state index is 11.6. The molecular weight excluding hydrogens is 364 g/mol. The van der Waals surface area contributed by atoms with Crippen LogP contribution in [0.15, 0.2) is 28.3 Å². The van der Waals surface area contributed by atoms with Gasteiger partial charge >= 0.3 is 5.97 Å². The van der Waals surface area contributed by atoms with Gasteiger partial charge in [-0.15, -0.1) is 0 Å². The molecule has 0 radical (unpaired) electrons. The summed E-state index contributed by atoms with van der Waals surface area (Å²) in [6.45, 7) is 0. The molecule has 23 heavy (non-hydrogen) atoms. The van der Waals surface area contributed by atoms with E-state index in [1.165, 1.54) is 7.11 Å². The number of hydrogen-bond acceptors (Lipinski definition) is 5. The molecular formula is C17H19BrO5. The lowest BCUT2D eigenvalue weighted by atomic mass is 9.94. The predicted octanol–water partition coefficient (Wildman–Crippen LogP) is 3.69. The van der Waals surface area contributed by atoms with Crippen LogP contribution in [0.5, 0.6) is 11.5 Å². The van der Waals surface area contributed by atoms with Crippen LogP contribution in [-0.2, 0) is 9.53 Å². The van der Waals surface area contributed by atoms with E-state index in [2.05, 4.69) is 15.9 Å². The van der Waals surface area contributed by atoms with Gasteiger partial charge < -0.3 is 14.2 Å².